The molecule has 0 bridgehead atoms. The number of methoxy groups -OCH3 is 1. The summed E-state index contributed by atoms with van der Waals surface area (Å²) < 4.78 is 11.5. The van der Waals surface area contributed by atoms with E-state index in [4.69, 9.17) is 32.7 Å². The van der Waals surface area contributed by atoms with Crippen molar-refractivity contribution >= 4 is 35.0 Å². The van der Waals surface area contributed by atoms with Crippen molar-refractivity contribution in [2.75, 3.05) is 7.11 Å². The number of ether oxygens (including phenoxy) is 2. The minimum Gasteiger partial charge on any atom is -0.493 e. The maximum absolute atomic E-state index is 13.4. The quantitative estimate of drug-likeness (QED) is 0.388. The van der Waals surface area contributed by atoms with Gasteiger partial charge in [-0.15, -0.1) is 0 Å². The molecule has 0 saturated carbocycles. The molecule has 6 nitrogen and oxygen atoms in total. The van der Waals surface area contributed by atoms with E-state index in [1.54, 1.807) is 61.5 Å². The van der Waals surface area contributed by atoms with E-state index >= 15 is 0 Å². The van der Waals surface area contributed by atoms with E-state index < -0.39 is 12.1 Å². The van der Waals surface area contributed by atoms with Crippen LogP contribution in [0.4, 0.5) is 4.79 Å². The molecule has 4 rings (SSSR count). The number of allylic oxidation sites excluding steroid dienone is 1. The molecule has 174 valence electrons. The topological polar surface area (TPSA) is 76.7 Å². The van der Waals surface area contributed by atoms with Crippen LogP contribution >= 0.6 is 23.2 Å². The second kappa shape index (κ2) is 10.2. The Bertz CT molecular complexity index is 1250. The zero-order valence-electron chi connectivity index (χ0n) is 18.5. The fourth-order valence-electron chi connectivity index (χ4n) is 3.73. The van der Waals surface area contributed by atoms with Gasteiger partial charge in [0.2, 0.25) is 0 Å². The van der Waals surface area contributed by atoms with Gasteiger partial charge in [-0.25, -0.2) is 4.79 Å². The molecule has 0 saturated heterocycles. The van der Waals surface area contributed by atoms with E-state index in [2.05, 4.69) is 10.6 Å². The Morgan fingerprint density at radius 2 is 1.59 bits per heavy atom. The number of urea groups is 1. The summed E-state index contributed by atoms with van der Waals surface area (Å²) in [6, 6.07) is 18.3. The van der Waals surface area contributed by atoms with E-state index in [0.717, 1.165) is 5.56 Å². The highest BCUT2D eigenvalue weighted by Gasteiger charge is 2.32. The lowest BCUT2D eigenvalue weighted by Crippen LogP contribution is -2.45. The number of Topliss-reactive ketones (excluding diaryl/α,β-unsaturated/α-hetero) is 1. The Kier molecular flexibility index (Phi) is 7.10. The van der Waals surface area contributed by atoms with Crippen molar-refractivity contribution < 1.29 is 19.1 Å². The number of ketones is 1. The summed E-state index contributed by atoms with van der Waals surface area (Å²) >= 11 is 11.9. The SMILES string of the molecule is COc1cc([C@@H]2NC(=O)NC(C)=C2C(=O)c2ccc(Cl)cc2)ccc1OCc1ccc(Cl)cc1. The molecule has 0 aliphatic carbocycles. The summed E-state index contributed by atoms with van der Waals surface area (Å²) in [6.45, 7) is 2.03. The van der Waals surface area contributed by atoms with Gasteiger partial charge >= 0.3 is 6.03 Å². The van der Waals surface area contributed by atoms with E-state index in [9.17, 15) is 9.59 Å². The van der Waals surface area contributed by atoms with Crippen LogP contribution in [-0.4, -0.2) is 18.9 Å². The largest absolute Gasteiger partial charge is 0.493 e. The summed E-state index contributed by atoms with van der Waals surface area (Å²) in [5, 5.41) is 6.73. The Labute approximate surface area is 207 Å². The van der Waals surface area contributed by atoms with Gasteiger partial charge in [0, 0.05) is 26.9 Å². The molecule has 0 unspecified atom stereocenters. The number of carbonyl (C=O) groups excluding carboxylic acids is 2. The van der Waals surface area contributed by atoms with Gasteiger partial charge in [0.05, 0.1) is 13.2 Å². The molecule has 0 fully saturated rings. The van der Waals surface area contributed by atoms with Crippen LogP contribution < -0.4 is 20.1 Å². The van der Waals surface area contributed by atoms with Gasteiger partial charge in [-0.2, -0.15) is 0 Å². The first-order chi connectivity index (χ1) is 16.4. The fourth-order valence-corrected chi connectivity index (χ4v) is 3.98. The van der Waals surface area contributed by atoms with Crippen molar-refractivity contribution in [2.24, 2.45) is 0 Å². The first-order valence-corrected chi connectivity index (χ1v) is 11.2. The second-order valence-electron chi connectivity index (χ2n) is 7.73. The van der Waals surface area contributed by atoms with Crippen molar-refractivity contribution in [1.82, 2.24) is 10.6 Å². The molecule has 3 aromatic carbocycles. The standard InChI is InChI=1S/C26H22Cl2N2O4/c1-15-23(25(31)17-5-10-20(28)11-6-17)24(30-26(32)29-15)18-7-12-21(22(13-18)33-2)34-14-16-3-8-19(27)9-4-16/h3-13,24H,14H2,1-2H3,(H2,29,30,32)/t24-/m0/s1. The molecule has 0 spiro atoms. The van der Waals surface area contributed by atoms with Gasteiger partial charge in [0.1, 0.15) is 6.61 Å². The smallest absolute Gasteiger partial charge is 0.319 e. The van der Waals surface area contributed by atoms with Crippen molar-refractivity contribution in [2.45, 2.75) is 19.6 Å². The molecule has 0 aromatic heterocycles. The lowest BCUT2D eigenvalue weighted by atomic mass is 9.89. The van der Waals surface area contributed by atoms with Crippen LogP contribution in [-0.2, 0) is 6.61 Å². The molecule has 3 aromatic rings. The molecule has 1 atom stereocenters. The zero-order chi connectivity index (χ0) is 24.2. The van der Waals surface area contributed by atoms with Crippen molar-refractivity contribution in [3.05, 3.63) is 105 Å². The molecule has 1 aliphatic heterocycles. The highest BCUT2D eigenvalue weighted by molar-refractivity contribution is 6.31. The first kappa shape index (κ1) is 23.7. The van der Waals surface area contributed by atoms with Crippen LogP contribution in [0.3, 0.4) is 0 Å². The third kappa shape index (κ3) is 5.19. The fraction of sp³-hybridized carbons (Fsp3) is 0.154. The van der Waals surface area contributed by atoms with E-state index in [1.807, 2.05) is 12.1 Å². The van der Waals surface area contributed by atoms with E-state index in [-0.39, 0.29) is 5.78 Å². The summed E-state index contributed by atoms with van der Waals surface area (Å²) in [6.07, 6.45) is 0. The number of halogens is 2. The molecule has 2 N–H and O–H groups in total. The summed E-state index contributed by atoms with van der Waals surface area (Å²) in [7, 11) is 1.54. The third-order valence-corrected chi connectivity index (χ3v) is 5.95. The number of rotatable bonds is 7. The summed E-state index contributed by atoms with van der Waals surface area (Å²) in [4.78, 5) is 25.6. The Morgan fingerprint density at radius 1 is 0.941 bits per heavy atom. The molecule has 0 radical (unpaired) electrons. The van der Waals surface area contributed by atoms with Crippen molar-refractivity contribution in [1.29, 1.82) is 0 Å². The predicted octanol–water partition coefficient (Wildman–Crippen LogP) is 6.09. The molecular formula is C26H22Cl2N2O4. The van der Waals surface area contributed by atoms with Crippen LogP contribution in [0.2, 0.25) is 10.0 Å². The van der Waals surface area contributed by atoms with Crippen LogP contribution in [0, 0.1) is 0 Å². The first-order valence-electron chi connectivity index (χ1n) is 10.5. The highest BCUT2D eigenvalue weighted by atomic mass is 35.5. The lowest BCUT2D eigenvalue weighted by Gasteiger charge is -2.29. The number of hydrogen-bond donors (Lipinski definition) is 2. The number of amides is 2. The molecule has 2 amide bonds. The van der Waals surface area contributed by atoms with Crippen LogP contribution in [0.1, 0.15) is 34.5 Å². The lowest BCUT2D eigenvalue weighted by molar-refractivity contribution is 0.102. The molecular weight excluding hydrogens is 475 g/mol. The maximum Gasteiger partial charge on any atom is 0.319 e. The van der Waals surface area contributed by atoms with Gasteiger partial charge in [0.15, 0.2) is 17.3 Å². The monoisotopic (exact) mass is 496 g/mol. The van der Waals surface area contributed by atoms with Gasteiger partial charge < -0.3 is 20.1 Å². The molecule has 1 aliphatic rings. The average Bonchev–Trinajstić information content (AvgIpc) is 2.83. The zero-order valence-corrected chi connectivity index (χ0v) is 20.0. The predicted molar refractivity (Wildman–Crippen MR) is 132 cm³/mol. The average molecular weight is 497 g/mol. The second-order valence-corrected chi connectivity index (χ2v) is 8.60. The highest BCUT2D eigenvalue weighted by Crippen LogP contribution is 2.35. The van der Waals surface area contributed by atoms with E-state index in [0.29, 0.717) is 50.5 Å². The molecule has 8 heteroatoms. The van der Waals surface area contributed by atoms with Crippen molar-refractivity contribution in [3.63, 3.8) is 0 Å². The maximum atomic E-state index is 13.4. The van der Waals surface area contributed by atoms with Gasteiger partial charge in [-0.1, -0.05) is 41.4 Å². The number of hydrogen-bond acceptors (Lipinski definition) is 4. The minimum absolute atomic E-state index is 0.214. The van der Waals surface area contributed by atoms with Gasteiger partial charge in [-0.05, 0) is 66.6 Å². The molecule has 1 heterocycles. The normalized spacial score (nSPS) is 15.4. The van der Waals surface area contributed by atoms with Crippen LogP contribution in [0.25, 0.3) is 0 Å². The Hall–Kier alpha value is -3.48. The van der Waals surface area contributed by atoms with E-state index in [1.165, 1.54) is 7.11 Å². The van der Waals surface area contributed by atoms with Crippen LogP contribution in [0.15, 0.2) is 78.0 Å². The van der Waals surface area contributed by atoms with Crippen molar-refractivity contribution in [3.8, 4) is 11.5 Å². The summed E-state index contributed by atoms with van der Waals surface area (Å²) in [5.41, 5.74) is 3.02. The van der Waals surface area contributed by atoms with Crippen LogP contribution in [0.5, 0.6) is 11.5 Å². The molecule has 34 heavy (non-hydrogen) atoms. The number of carbonyl (C=O) groups is 2. The summed E-state index contributed by atoms with van der Waals surface area (Å²) in [5.74, 6) is 0.802. The Morgan fingerprint density at radius 3 is 2.24 bits per heavy atom. The minimum atomic E-state index is -0.670. The number of nitrogens with one attached hydrogen (secondary N) is 2. The van der Waals surface area contributed by atoms with Gasteiger partial charge in [-0.3, -0.25) is 4.79 Å². The van der Waals surface area contributed by atoms with Gasteiger partial charge in [0.25, 0.3) is 0 Å². The number of benzene rings is 3. The Balaban J connectivity index is 1.63. The third-order valence-electron chi connectivity index (χ3n) is 5.45.